The van der Waals surface area contributed by atoms with Gasteiger partial charge in [0.2, 0.25) is 0 Å². The average Bonchev–Trinajstić information content (AvgIpc) is 1.52. The average molecular weight is 2870 g/mol. The summed E-state index contributed by atoms with van der Waals surface area (Å²) in [6, 6.07) is 30.7. The van der Waals surface area contributed by atoms with Crippen LogP contribution in [0.1, 0.15) is 41.6 Å². The maximum absolute atomic E-state index is 16.1. The fourth-order valence-electron chi connectivity index (χ4n) is 10.5. The maximum atomic E-state index is 16.1. The van der Waals surface area contributed by atoms with Crippen LogP contribution in [0.25, 0.3) is 100 Å². The molecule has 0 radical (unpaired) electrons. The molecule has 0 saturated carbocycles. The van der Waals surface area contributed by atoms with Crippen molar-refractivity contribution in [3.63, 3.8) is 0 Å². The van der Waals surface area contributed by atoms with E-state index in [4.69, 9.17) is 22.4 Å². The molecule has 70 heteroatoms. The van der Waals surface area contributed by atoms with Crippen LogP contribution >= 0.6 is 168 Å². The largest absolute Gasteiger partial charge is 0.477 e. The van der Waals surface area contributed by atoms with E-state index in [9.17, 15) is 19.8 Å². The highest BCUT2D eigenvalue weighted by Gasteiger charge is 2.82. The van der Waals surface area contributed by atoms with Crippen molar-refractivity contribution in [2.75, 3.05) is 0 Å². The molecular formula is C60H26Br2F12O4S52. The number of carbonyl (C=O) groups is 2. The van der Waals surface area contributed by atoms with Crippen LogP contribution in [0.15, 0.2) is 150 Å². The molecule has 2 N–H and O–H groups in total. The van der Waals surface area contributed by atoms with Gasteiger partial charge in [-0.05, 0) is 150 Å². The second-order valence-corrected chi connectivity index (χ2v) is 104. The first-order valence-corrected chi connectivity index (χ1v) is 95.4. The molecule has 2 aliphatic carbocycles. The molecule has 0 amide bonds. The molecule has 4 nitrogen and oxygen atoms in total. The van der Waals surface area contributed by atoms with Crippen molar-refractivity contribution in [1.82, 2.24) is 0 Å². The summed E-state index contributed by atoms with van der Waals surface area (Å²) in [5, 5.41) is 25.5. The van der Waals surface area contributed by atoms with Gasteiger partial charge in [0.05, 0.1) is 27.1 Å². The lowest BCUT2D eigenvalue weighted by molar-refractivity contribution is -0.254. The summed E-state index contributed by atoms with van der Waals surface area (Å²) < 4.78 is 192. The zero-order valence-corrected chi connectivity index (χ0v) is 106. The minimum absolute atomic E-state index is 0.0529. The number of hydrogen-bond acceptors (Lipinski definition) is 16. The van der Waals surface area contributed by atoms with Crippen LogP contribution in [0.3, 0.4) is 0 Å². The Kier molecular flexibility index (Phi) is 48.0. The monoisotopic (exact) mass is 2860 g/mol. The van der Waals surface area contributed by atoms with Gasteiger partial charge in [-0.1, -0.05) is 24.3 Å². The quantitative estimate of drug-likeness (QED) is 0.106. The second-order valence-electron chi connectivity index (χ2n) is 22.0. The van der Waals surface area contributed by atoms with Crippen LogP contribution in [0.4, 0.5) is 52.7 Å². The predicted molar refractivity (Wildman–Crippen MR) is 651 cm³/mol. The standard InChI is InChI=1S/C31H14F6O4S6.C29H12Br2F6S6.S40/c32-29(33)23(13-11-21(15-5-7-19(44-15)27(38)39)46-25(13)17-3-1-9-42-17)24(30(34,35)31(29,36)37)14-12-22(16-6-8-20(45-16)28(40)41)47-26(14)18-4-2-10-43-18;30-21-7-5-15(40-21)19-11-13(25(42-19)17-3-1-9-38-17)23-24(28(34,35)29(36,37)27(23,32)33)14-12-20(16-6-8-22(31)41-16)43-26(14)18-4-2-10-39-18;1-3-5-7-9-11-13-15-17-19-21-23-25-27-29-31-33-35-37-39-40-38-36-34-32-30-28-26-24-22-20-18-16-14-12-10-8-6-4-2/h1-12H,(H,38,39)(H,40,41);1-12H;. The third-order valence-electron chi connectivity index (χ3n) is 15.1. The van der Waals surface area contributed by atoms with Crippen LogP contribution in [0.2, 0.25) is 0 Å². The van der Waals surface area contributed by atoms with Crippen molar-refractivity contribution in [2.45, 2.75) is 35.5 Å². The molecule has 12 heterocycles. The van der Waals surface area contributed by atoms with Crippen LogP contribution in [-0.4, -0.2) is 57.7 Å². The normalized spacial score (nSPS) is 14.1. The summed E-state index contributed by atoms with van der Waals surface area (Å²) in [5.74, 6) is -34.9. The third kappa shape index (κ3) is 29.4. The number of carboxylic acids is 2. The third-order valence-corrected chi connectivity index (χ3v) is 112. The number of halogens is 14. The molecule has 0 atom stereocenters. The molecule has 0 saturated heterocycles. The molecule has 130 heavy (non-hydrogen) atoms. The van der Waals surface area contributed by atoms with E-state index in [-0.39, 0.29) is 50.1 Å². The van der Waals surface area contributed by atoms with Gasteiger partial charge in [0.25, 0.3) is 0 Å². The Morgan fingerprint density at radius 2 is 0.446 bits per heavy atom. The second kappa shape index (κ2) is 55.5. The number of alkyl halides is 12. The SMILES string of the molecule is FC1(F)C(c2cc(-c3ccc(Br)s3)sc2-c2cccs2)=C(c2cc(-c3ccc(Br)s3)sc2-c2cccs2)C(F)(F)C1(F)F.O=C(O)c1ccc(-c2cc(C3=C(c4cc(-c5ccc(C(=O)O)s5)sc4-c4cccs4)C(F)(F)C(F)(F)C3(F)F)c(-c3cccs3)s2)s1.S=S=S=S=S=S=S=S=S=S=S=S=S=S=S=S=S=S=S=S=S=S=S=S=S=S=S=S=S=S=S=S=S=S=S=S=S=S=S=S. The van der Waals surface area contributed by atoms with Crippen molar-refractivity contribution in [3.8, 4) is 78.0 Å². The van der Waals surface area contributed by atoms with Gasteiger partial charge >= 0.3 is 47.5 Å². The first-order chi connectivity index (χ1) is 62.5. The Balaban J connectivity index is 0.000000177. The zero-order valence-electron chi connectivity index (χ0n) is 60.1. The molecule has 0 bridgehead atoms. The van der Waals surface area contributed by atoms with Gasteiger partial charge in [-0.2, -0.15) is 52.7 Å². The maximum Gasteiger partial charge on any atom is 0.380 e. The summed E-state index contributed by atoms with van der Waals surface area (Å²) in [7, 11) is 67.4. The first-order valence-electron chi connectivity index (χ1n) is 31.8. The van der Waals surface area contributed by atoms with E-state index in [2.05, 4.69) is 31.9 Å². The van der Waals surface area contributed by atoms with Gasteiger partial charge in [0.15, 0.2) is 0 Å². The summed E-state index contributed by atoms with van der Waals surface area (Å²) in [6.07, 6.45) is 0. The van der Waals surface area contributed by atoms with Crippen LogP contribution in [0, 0.1) is 0 Å². The molecule has 12 aromatic heterocycles. The summed E-state index contributed by atoms with van der Waals surface area (Å²) >= 11 is 29.5. The van der Waals surface area contributed by atoms with Crippen LogP contribution in [0.5, 0.6) is 0 Å². The van der Waals surface area contributed by atoms with Crippen molar-refractivity contribution in [1.29, 1.82) is 0 Å². The summed E-state index contributed by atoms with van der Waals surface area (Å²) in [4.78, 5) is 28.9. The minimum atomic E-state index is -5.81. The lowest BCUT2D eigenvalue weighted by Gasteiger charge is -2.25. The lowest BCUT2D eigenvalue weighted by atomic mass is 9.94. The van der Waals surface area contributed by atoms with Gasteiger partial charge in [-0.15, -0.1) is 136 Å². The number of carboxylic acid groups (broad SMARTS) is 2. The topological polar surface area (TPSA) is 74.6 Å². The highest BCUT2D eigenvalue weighted by molar-refractivity contribution is 9.11. The van der Waals surface area contributed by atoms with Gasteiger partial charge in [-0.3, -0.25) is 0 Å². The Labute approximate surface area is 912 Å². The van der Waals surface area contributed by atoms with Gasteiger partial charge in [-0.25, -0.2) is 9.59 Å². The van der Waals surface area contributed by atoms with Gasteiger partial charge < -0.3 is 10.2 Å². The van der Waals surface area contributed by atoms with E-state index in [1.165, 1.54) is 99.5 Å². The minimum Gasteiger partial charge on any atom is -0.477 e. The first kappa shape index (κ1) is 112. The number of allylic oxidation sites excluding steroid dienone is 4. The predicted octanol–water partition coefficient (Wildman–Crippen LogP) is 25.9. The molecule has 14 rings (SSSR count). The molecule has 0 aliphatic heterocycles. The number of aromatic carboxylic acids is 2. The van der Waals surface area contributed by atoms with Gasteiger partial charge in [0, 0.05) is 463 Å². The van der Waals surface area contributed by atoms with Crippen molar-refractivity contribution >= 4 is 562 Å². The van der Waals surface area contributed by atoms with Gasteiger partial charge in [0.1, 0.15) is 9.75 Å². The Morgan fingerprint density at radius 1 is 0.254 bits per heavy atom. The number of thiophene rings is 12. The van der Waals surface area contributed by atoms with Crippen LogP contribution in [-0.2, 0) is 360 Å². The zero-order chi connectivity index (χ0) is 92.6. The molecule has 0 fully saturated rings. The summed E-state index contributed by atoms with van der Waals surface area (Å²) in [5.41, 5.74) is -7.36. The van der Waals surface area contributed by atoms with E-state index in [0.717, 1.165) is 110 Å². The molecule has 2 aliphatic rings. The molecular weight excluding hydrogens is 2840 g/mol. The molecule has 700 valence electrons. The Morgan fingerprint density at radius 3 is 0.608 bits per heavy atom. The Bertz CT molecular complexity index is 7920. The summed E-state index contributed by atoms with van der Waals surface area (Å²) in [6.45, 7) is 0. The highest BCUT2D eigenvalue weighted by atomic mass is 79.9. The fourth-order valence-corrected chi connectivity index (χ4v) is 122. The molecule has 12 aromatic rings. The van der Waals surface area contributed by atoms with Crippen molar-refractivity contribution in [2.24, 2.45) is 0 Å². The van der Waals surface area contributed by atoms with E-state index in [1.54, 1.807) is 201 Å². The molecule has 0 spiro atoms. The highest BCUT2D eigenvalue weighted by Crippen LogP contribution is 2.70. The van der Waals surface area contributed by atoms with Crippen molar-refractivity contribution < 1.29 is 72.5 Å². The smallest absolute Gasteiger partial charge is 0.380 e. The Hall–Kier alpha value is 3.74. The number of hydrogen-bond donors (Lipinski definition) is 2. The van der Waals surface area contributed by atoms with E-state index >= 15 is 52.7 Å². The lowest BCUT2D eigenvalue weighted by Crippen LogP contribution is -2.48. The van der Waals surface area contributed by atoms with Crippen LogP contribution < -0.4 is 0 Å². The fraction of sp³-hybridized carbons (Fsp3) is 0.100. The molecule has 0 aromatic carbocycles. The number of rotatable bonds is 14. The van der Waals surface area contributed by atoms with E-state index < -0.39 is 80.9 Å². The van der Waals surface area contributed by atoms with E-state index in [0.29, 0.717) is 48.8 Å². The van der Waals surface area contributed by atoms with Crippen molar-refractivity contribution in [3.05, 3.63) is 182 Å². The van der Waals surface area contributed by atoms with E-state index in [1.807, 2.05) is 213 Å². The molecule has 0 unspecified atom stereocenters.